The van der Waals surface area contributed by atoms with Gasteiger partial charge in [0.15, 0.2) is 0 Å². The first-order valence-electron chi connectivity index (χ1n) is 6.01. The fraction of sp³-hybridized carbons (Fsp3) is 1.00. The molecule has 0 amide bonds. The fourth-order valence-electron chi connectivity index (χ4n) is 1.66. The maximum atomic E-state index is 5.45. The minimum Gasteiger partial charge on any atom is -0.381 e. The van der Waals surface area contributed by atoms with E-state index >= 15 is 0 Å². The number of nitrogens with zero attached hydrogens (tertiary/aromatic N) is 1. The third kappa shape index (κ3) is 4.49. The van der Waals surface area contributed by atoms with Gasteiger partial charge in [-0.15, -0.1) is 0 Å². The number of nitrogens with one attached hydrogen (secondary N) is 1. The summed E-state index contributed by atoms with van der Waals surface area (Å²) in [4.78, 5) is 2.27. The van der Waals surface area contributed by atoms with Gasteiger partial charge in [0.2, 0.25) is 0 Å². The lowest BCUT2D eigenvalue weighted by Crippen LogP contribution is -2.49. The lowest BCUT2D eigenvalue weighted by Gasteiger charge is -2.34. The third-order valence-corrected chi connectivity index (χ3v) is 3.49. The Kier molecular flexibility index (Phi) is 5.03. The summed E-state index contributed by atoms with van der Waals surface area (Å²) < 4.78 is 5.45. The van der Waals surface area contributed by atoms with Crippen molar-refractivity contribution in [1.82, 2.24) is 10.2 Å². The summed E-state index contributed by atoms with van der Waals surface area (Å²) in [5.41, 5.74) is 0.229. The van der Waals surface area contributed by atoms with Crippen molar-refractivity contribution in [3.8, 4) is 0 Å². The average Bonchev–Trinajstić information content (AvgIpc) is 2.42. The molecule has 1 rings (SSSR count). The zero-order valence-electron chi connectivity index (χ0n) is 10.7. The Labute approximate surface area is 94.2 Å². The van der Waals surface area contributed by atoms with Crippen LogP contribution in [0.1, 0.15) is 33.1 Å². The smallest absolute Gasteiger partial charge is 0.0480 e. The maximum absolute atomic E-state index is 5.45. The van der Waals surface area contributed by atoms with E-state index in [4.69, 9.17) is 4.74 Å². The first-order chi connectivity index (χ1) is 7.02. The minimum atomic E-state index is 0.229. The van der Waals surface area contributed by atoms with Gasteiger partial charge in [-0.05, 0) is 47.2 Å². The maximum Gasteiger partial charge on any atom is 0.0480 e. The molecule has 1 saturated heterocycles. The van der Waals surface area contributed by atoms with E-state index in [9.17, 15) is 0 Å². The summed E-state index contributed by atoms with van der Waals surface area (Å²) in [7, 11) is 4.27. The van der Waals surface area contributed by atoms with Gasteiger partial charge >= 0.3 is 0 Å². The highest BCUT2D eigenvalue weighted by Gasteiger charge is 2.22. The number of hydrogen-bond donors (Lipinski definition) is 1. The molecule has 0 aromatic heterocycles. The van der Waals surface area contributed by atoms with Crippen LogP contribution in [0.3, 0.4) is 0 Å². The van der Waals surface area contributed by atoms with Crippen LogP contribution in [-0.4, -0.2) is 50.3 Å². The van der Waals surface area contributed by atoms with Gasteiger partial charge in [0.1, 0.15) is 0 Å². The summed E-state index contributed by atoms with van der Waals surface area (Å²) in [5.74, 6) is 0. The van der Waals surface area contributed by atoms with Crippen molar-refractivity contribution in [2.24, 2.45) is 0 Å². The minimum absolute atomic E-state index is 0.229. The predicted molar refractivity (Wildman–Crippen MR) is 64.2 cm³/mol. The molecule has 3 heteroatoms. The van der Waals surface area contributed by atoms with Crippen molar-refractivity contribution in [2.45, 2.75) is 44.7 Å². The standard InChI is InChI=1S/C12H26N2O/c1-12(2,14(3)4)10-13-11-6-5-8-15-9-7-11/h11,13H,5-10H2,1-4H3. The van der Waals surface area contributed by atoms with Crippen molar-refractivity contribution in [2.75, 3.05) is 33.9 Å². The summed E-state index contributed by atoms with van der Waals surface area (Å²) in [6, 6.07) is 0.645. The average molecular weight is 214 g/mol. The number of ether oxygens (including phenoxy) is 1. The van der Waals surface area contributed by atoms with Gasteiger partial charge in [0.25, 0.3) is 0 Å². The lowest BCUT2D eigenvalue weighted by molar-refractivity contribution is 0.141. The molecule has 0 radical (unpaired) electrons. The molecule has 90 valence electrons. The molecule has 0 bridgehead atoms. The van der Waals surface area contributed by atoms with Crippen molar-refractivity contribution >= 4 is 0 Å². The molecule has 1 aliphatic heterocycles. The molecule has 0 saturated carbocycles. The number of hydrogen-bond acceptors (Lipinski definition) is 3. The van der Waals surface area contributed by atoms with Gasteiger partial charge in [-0.1, -0.05) is 0 Å². The van der Waals surface area contributed by atoms with E-state index < -0.39 is 0 Å². The molecule has 1 atom stereocenters. The van der Waals surface area contributed by atoms with E-state index in [1.54, 1.807) is 0 Å². The van der Waals surface area contributed by atoms with Gasteiger partial charge in [0.05, 0.1) is 0 Å². The van der Waals surface area contributed by atoms with Crippen LogP contribution >= 0.6 is 0 Å². The Balaban J connectivity index is 2.28. The fourth-order valence-corrected chi connectivity index (χ4v) is 1.66. The highest BCUT2D eigenvalue weighted by molar-refractivity contribution is 4.82. The summed E-state index contributed by atoms with van der Waals surface area (Å²) in [5, 5.41) is 3.66. The second-order valence-electron chi connectivity index (χ2n) is 5.33. The van der Waals surface area contributed by atoms with Gasteiger partial charge in [0, 0.05) is 31.3 Å². The van der Waals surface area contributed by atoms with Crippen molar-refractivity contribution < 1.29 is 4.74 Å². The molecule has 0 aromatic rings. The van der Waals surface area contributed by atoms with E-state index in [-0.39, 0.29) is 5.54 Å². The molecule has 1 unspecified atom stereocenters. The molecule has 1 N–H and O–H groups in total. The van der Waals surface area contributed by atoms with Crippen LogP contribution in [0.4, 0.5) is 0 Å². The largest absolute Gasteiger partial charge is 0.381 e. The first kappa shape index (κ1) is 12.9. The Morgan fingerprint density at radius 1 is 1.27 bits per heavy atom. The highest BCUT2D eigenvalue weighted by atomic mass is 16.5. The number of likely N-dealkylation sites (N-methyl/N-ethyl adjacent to an activating group) is 1. The summed E-state index contributed by atoms with van der Waals surface area (Å²) in [6.07, 6.45) is 3.60. The Morgan fingerprint density at radius 3 is 2.67 bits per heavy atom. The van der Waals surface area contributed by atoms with Crippen molar-refractivity contribution in [3.63, 3.8) is 0 Å². The van der Waals surface area contributed by atoms with Crippen LogP contribution in [0.5, 0.6) is 0 Å². The Morgan fingerprint density at radius 2 is 2.00 bits per heavy atom. The molecule has 3 nitrogen and oxygen atoms in total. The van der Waals surface area contributed by atoms with Crippen molar-refractivity contribution in [1.29, 1.82) is 0 Å². The van der Waals surface area contributed by atoms with E-state index in [1.165, 1.54) is 12.8 Å². The lowest BCUT2D eigenvalue weighted by atomic mass is 10.0. The van der Waals surface area contributed by atoms with Crippen LogP contribution in [0.2, 0.25) is 0 Å². The molecule has 1 heterocycles. The van der Waals surface area contributed by atoms with E-state index in [2.05, 4.69) is 38.2 Å². The molecule has 0 aromatic carbocycles. The molecule has 1 fully saturated rings. The molecule has 0 spiro atoms. The van der Waals surface area contributed by atoms with E-state index in [0.29, 0.717) is 6.04 Å². The molecular formula is C12H26N2O. The zero-order chi connectivity index (χ0) is 11.3. The van der Waals surface area contributed by atoms with E-state index in [0.717, 1.165) is 26.2 Å². The Hall–Kier alpha value is -0.120. The molecule has 15 heavy (non-hydrogen) atoms. The van der Waals surface area contributed by atoms with Gasteiger partial charge in [-0.25, -0.2) is 0 Å². The quantitative estimate of drug-likeness (QED) is 0.767. The highest BCUT2D eigenvalue weighted by Crippen LogP contribution is 2.12. The van der Waals surface area contributed by atoms with Crippen LogP contribution in [0.25, 0.3) is 0 Å². The van der Waals surface area contributed by atoms with Crippen LogP contribution < -0.4 is 5.32 Å². The van der Waals surface area contributed by atoms with Crippen LogP contribution in [0.15, 0.2) is 0 Å². The van der Waals surface area contributed by atoms with E-state index in [1.807, 2.05) is 0 Å². The first-order valence-corrected chi connectivity index (χ1v) is 6.01. The van der Waals surface area contributed by atoms with Gasteiger partial charge in [-0.3, -0.25) is 0 Å². The molecular weight excluding hydrogens is 188 g/mol. The van der Waals surface area contributed by atoms with Crippen LogP contribution in [-0.2, 0) is 4.74 Å². The second kappa shape index (κ2) is 5.83. The summed E-state index contributed by atoms with van der Waals surface area (Å²) in [6.45, 7) is 7.44. The van der Waals surface area contributed by atoms with Crippen LogP contribution in [0, 0.1) is 0 Å². The zero-order valence-corrected chi connectivity index (χ0v) is 10.7. The predicted octanol–water partition coefficient (Wildman–Crippen LogP) is 1.49. The number of rotatable bonds is 4. The second-order valence-corrected chi connectivity index (χ2v) is 5.33. The Bertz CT molecular complexity index is 172. The van der Waals surface area contributed by atoms with Gasteiger partial charge < -0.3 is 15.0 Å². The monoisotopic (exact) mass is 214 g/mol. The topological polar surface area (TPSA) is 24.5 Å². The SMILES string of the molecule is CN(C)C(C)(C)CNC1CCCOCC1. The van der Waals surface area contributed by atoms with Crippen molar-refractivity contribution in [3.05, 3.63) is 0 Å². The normalized spacial score (nSPS) is 24.2. The van der Waals surface area contributed by atoms with Gasteiger partial charge in [-0.2, -0.15) is 0 Å². The third-order valence-electron chi connectivity index (χ3n) is 3.49. The molecule has 0 aliphatic carbocycles. The summed E-state index contributed by atoms with van der Waals surface area (Å²) >= 11 is 0. The molecule has 1 aliphatic rings.